The van der Waals surface area contributed by atoms with Gasteiger partial charge < -0.3 is 20.1 Å². The number of hydrogen-bond donors (Lipinski definition) is 2. The minimum atomic E-state index is -4.37. The van der Waals surface area contributed by atoms with Crippen LogP contribution in [0.25, 0.3) is 0 Å². The summed E-state index contributed by atoms with van der Waals surface area (Å²) in [5, 5.41) is 10.3. The Labute approximate surface area is 179 Å². The van der Waals surface area contributed by atoms with Crippen molar-refractivity contribution in [2.45, 2.75) is 26.1 Å². The molecule has 1 fully saturated rings. The van der Waals surface area contributed by atoms with E-state index in [0.29, 0.717) is 18.9 Å². The molecule has 0 bridgehead atoms. The average Bonchev–Trinajstić information content (AvgIpc) is 3.26. The van der Waals surface area contributed by atoms with Crippen molar-refractivity contribution in [1.29, 1.82) is 0 Å². The Hall–Kier alpha value is -2.82. The first-order valence-electron chi connectivity index (χ1n) is 10.4. The molecule has 1 aliphatic heterocycles. The summed E-state index contributed by atoms with van der Waals surface area (Å²) >= 11 is 0. The van der Waals surface area contributed by atoms with Crippen molar-refractivity contribution in [1.82, 2.24) is 25.3 Å². The fourth-order valence-corrected chi connectivity index (χ4v) is 3.24. The lowest BCUT2D eigenvalue weighted by Crippen LogP contribution is -2.52. The predicted molar refractivity (Wildman–Crippen MR) is 112 cm³/mol. The number of rotatable bonds is 8. The Bertz CT molecular complexity index is 801. The third-order valence-corrected chi connectivity index (χ3v) is 4.88. The molecule has 0 atom stereocenters. The maximum absolute atomic E-state index is 12.6. The predicted octanol–water partition coefficient (Wildman–Crippen LogP) is 2.67. The van der Waals surface area contributed by atoms with Crippen LogP contribution in [0.3, 0.4) is 0 Å². The number of aliphatic imine (C=N–C) groups is 1. The summed E-state index contributed by atoms with van der Waals surface area (Å²) in [6.45, 7) is 8.36. The molecule has 2 aromatic heterocycles. The lowest BCUT2D eigenvalue weighted by Gasteiger charge is -2.36. The zero-order valence-corrected chi connectivity index (χ0v) is 17.5. The molecule has 11 heteroatoms. The molecule has 0 radical (unpaired) electrons. The van der Waals surface area contributed by atoms with Crippen molar-refractivity contribution in [3.05, 3.63) is 41.9 Å². The van der Waals surface area contributed by atoms with Crippen molar-refractivity contribution >= 4 is 11.8 Å². The van der Waals surface area contributed by atoms with Gasteiger partial charge in [0.1, 0.15) is 12.1 Å². The van der Waals surface area contributed by atoms with E-state index in [0.717, 1.165) is 69.6 Å². The monoisotopic (exact) mass is 439 g/mol. The van der Waals surface area contributed by atoms with Crippen LogP contribution in [-0.2, 0) is 12.7 Å². The number of hydrogen-bond acceptors (Lipinski definition) is 6. The highest BCUT2D eigenvalue weighted by atomic mass is 19.4. The molecule has 0 aromatic carbocycles. The minimum Gasteiger partial charge on any atom is -0.370 e. The van der Waals surface area contributed by atoms with Crippen LogP contribution in [0.1, 0.15) is 24.6 Å². The van der Waals surface area contributed by atoms with Crippen LogP contribution < -0.4 is 10.6 Å². The Morgan fingerprint density at radius 2 is 2.00 bits per heavy atom. The maximum Gasteiger partial charge on any atom is 0.417 e. The number of halogens is 3. The van der Waals surface area contributed by atoms with Gasteiger partial charge in [-0.3, -0.25) is 9.89 Å². The van der Waals surface area contributed by atoms with Gasteiger partial charge in [0.25, 0.3) is 0 Å². The molecule has 3 rings (SSSR count). The van der Waals surface area contributed by atoms with Crippen LogP contribution in [0.4, 0.5) is 19.0 Å². The first-order chi connectivity index (χ1) is 15.0. The summed E-state index contributed by atoms with van der Waals surface area (Å²) in [6, 6.07) is 4.25. The summed E-state index contributed by atoms with van der Waals surface area (Å²) in [5.74, 6) is 1.31. The second-order valence-corrected chi connectivity index (χ2v) is 7.20. The number of guanidine groups is 1. The van der Waals surface area contributed by atoms with Crippen molar-refractivity contribution in [3.63, 3.8) is 0 Å². The fourth-order valence-electron chi connectivity index (χ4n) is 3.24. The van der Waals surface area contributed by atoms with E-state index < -0.39 is 11.7 Å². The van der Waals surface area contributed by atoms with Gasteiger partial charge in [-0.15, -0.1) is 0 Å². The summed E-state index contributed by atoms with van der Waals surface area (Å²) < 4.78 is 42.6. The fraction of sp³-hybridized carbons (Fsp3) is 0.550. The van der Waals surface area contributed by atoms with E-state index in [9.17, 15) is 13.2 Å². The minimum absolute atomic E-state index is 0.423. The Morgan fingerprint density at radius 3 is 2.61 bits per heavy atom. The number of pyridine rings is 1. The molecule has 2 N–H and O–H groups in total. The normalized spacial score (nSPS) is 15.9. The highest BCUT2D eigenvalue weighted by molar-refractivity contribution is 5.80. The van der Waals surface area contributed by atoms with E-state index in [1.807, 2.05) is 13.0 Å². The molecule has 0 saturated carbocycles. The number of alkyl halides is 3. The van der Waals surface area contributed by atoms with E-state index in [-0.39, 0.29) is 0 Å². The lowest BCUT2D eigenvalue weighted by atomic mass is 10.3. The highest BCUT2D eigenvalue weighted by Crippen LogP contribution is 2.28. The zero-order chi connectivity index (χ0) is 22.1. The van der Waals surface area contributed by atoms with Crippen molar-refractivity contribution in [2.75, 3.05) is 51.1 Å². The van der Waals surface area contributed by atoms with Crippen LogP contribution in [0.2, 0.25) is 0 Å². The van der Waals surface area contributed by atoms with E-state index in [2.05, 4.69) is 30.6 Å². The first kappa shape index (κ1) is 22.9. The summed E-state index contributed by atoms with van der Waals surface area (Å²) in [7, 11) is 0. The Balaban J connectivity index is 1.40. The molecule has 3 heterocycles. The van der Waals surface area contributed by atoms with Crippen molar-refractivity contribution < 1.29 is 17.7 Å². The molecule has 1 saturated heterocycles. The van der Waals surface area contributed by atoms with Crippen molar-refractivity contribution in [3.8, 4) is 0 Å². The van der Waals surface area contributed by atoms with E-state index >= 15 is 0 Å². The van der Waals surface area contributed by atoms with Crippen LogP contribution in [0.15, 0.2) is 40.2 Å². The lowest BCUT2D eigenvalue weighted by molar-refractivity contribution is -0.137. The summed E-state index contributed by atoms with van der Waals surface area (Å²) in [4.78, 5) is 13.1. The number of piperazine rings is 1. The molecular formula is C20H28F3N7O. The van der Waals surface area contributed by atoms with Gasteiger partial charge in [0.05, 0.1) is 11.3 Å². The van der Waals surface area contributed by atoms with Gasteiger partial charge >= 0.3 is 6.18 Å². The molecule has 8 nitrogen and oxygen atoms in total. The van der Waals surface area contributed by atoms with Crippen LogP contribution in [-0.4, -0.2) is 71.7 Å². The maximum atomic E-state index is 12.6. The Morgan fingerprint density at radius 1 is 1.19 bits per heavy atom. The molecule has 170 valence electrons. The molecule has 0 amide bonds. The summed E-state index contributed by atoms with van der Waals surface area (Å²) in [5.41, 5.74) is 0.183. The second-order valence-electron chi connectivity index (χ2n) is 7.20. The summed E-state index contributed by atoms with van der Waals surface area (Å²) in [6.07, 6.45) is -1.20. The van der Waals surface area contributed by atoms with Gasteiger partial charge in [-0.2, -0.15) is 13.2 Å². The van der Waals surface area contributed by atoms with Crippen molar-refractivity contribution in [2.24, 2.45) is 4.99 Å². The average molecular weight is 439 g/mol. The number of nitrogens with one attached hydrogen (secondary N) is 2. The van der Waals surface area contributed by atoms with Gasteiger partial charge in [-0.1, -0.05) is 5.16 Å². The van der Waals surface area contributed by atoms with E-state index in [1.54, 1.807) is 6.26 Å². The smallest absolute Gasteiger partial charge is 0.370 e. The number of aromatic nitrogens is 2. The molecule has 2 aromatic rings. The van der Waals surface area contributed by atoms with Gasteiger partial charge in [0, 0.05) is 64.6 Å². The third-order valence-electron chi connectivity index (χ3n) is 4.88. The van der Waals surface area contributed by atoms with Crippen LogP contribution >= 0.6 is 0 Å². The van der Waals surface area contributed by atoms with Gasteiger partial charge in [-0.05, 0) is 25.5 Å². The van der Waals surface area contributed by atoms with E-state index in [1.165, 1.54) is 6.07 Å². The van der Waals surface area contributed by atoms with Gasteiger partial charge in [-0.25, -0.2) is 4.98 Å². The standard InChI is InChI=1S/C20H28F3N7O/c1-2-24-19(30-11-9-29(10-12-30)15-17-6-13-31-28-17)26-8-3-7-25-18-5-4-16(14-27-18)20(21,22)23/h4-6,13-14H,2-3,7-12,15H2,1H3,(H,24,26)(H,25,27). The molecule has 0 aliphatic carbocycles. The molecule has 0 unspecified atom stereocenters. The second kappa shape index (κ2) is 11.0. The molecule has 31 heavy (non-hydrogen) atoms. The Kier molecular flexibility index (Phi) is 8.10. The topological polar surface area (TPSA) is 81.8 Å². The third kappa shape index (κ3) is 7.12. The SMILES string of the molecule is CCNC(=NCCCNc1ccc(C(F)(F)F)cn1)N1CCN(Cc2ccon2)CC1. The zero-order valence-electron chi connectivity index (χ0n) is 17.5. The van der Waals surface area contributed by atoms with Crippen LogP contribution in [0.5, 0.6) is 0 Å². The van der Waals surface area contributed by atoms with Gasteiger partial charge in [0.2, 0.25) is 0 Å². The number of nitrogens with zero attached hydrogens (tertiary/aromatic N) is 5. The molecule has 0 spiro atoms. The largest absolute Gasteiger partial charge is 0.417 e. The molecule has 1 aliphatic rings. The quantitative estimate of drug-likeness (QED) is 0.372. The first-order valence-corrected chi connectivity index (χ1v) is 10.4. The van der Waals surface area contributed by atoms with E-state index in [4.69, 9.17) is 9.52 Å². The van der Waals surface area contributed by atoms with Crippen LogP contribution in [0, 0.1) is 0 Å². The highest BCUT2D eigenvalue weighted by Gasteiger charge is 2.30. The molecular weight excluding hydrogens is 411 g/mol. The van der Waals surface area contributed by atoms with Gasteiger partial charge in [0.15, 0.2) is 5.96 Å². The number of anilines is 1.